The van der Waals surface area contributed by atoms with Gasteiger partial charge in [0.25, 0.3) is 0 Å². The zero-order valence-electron chi connectivity index (χ0n) is 10.6. The number of hydrogen-bond acceptors (Lipinski definition) is 3. The smallest absolute Gasteiger partial charge is 0.205 e. The van der Waals surface area contributed by atoms with Crippen molar-refractivity contribution in [1.29, 1.82) is 0 Å². The third kappa shape index (κ3) is 2.13. The summed E-state index contributed by atoms with van der Waals surface area (Å²) in [6.07, 6.45) is 0. The van der Waals surface area contributed by atoms with E-state index in [1.54, 1.807) is 7.11 Å². The van der Waals surface area contributed by atoms with E-state index in [0.717, 1.165) is 26.9 Å². The van der Waals surface area contributed by atoms with E-state index < -0.39 is 0 Å². The van der Waals surface area contributed by atoms with Gasteiger partial charge in [-0.15, -0.1) is 0 Å². The van der Waals surface area contributed by atoms with Crippen LogP contribution in [0, 0.1) is 0 Å². The molecule has 0 radical (unpaired) electrons. The van der Waals surface area contributed by atoms with Crippen molar-refractivity contribution in [2.24, 2.45) is 0 Å². The first-order valence-corrected chi connectivity index (χ1v) is 7.04. The Morgan fingerprint density at radius 2 is 2.05 bits per heavy atom. The van der Waals surface area contributed by atoms with E-state index in [-0.39, 0.29) is 0 Å². The predicted molar refractivity (Wildman–Crippen MR) is 84.7 cm³/mol. The minimum absolute atomic E-state index is 0.387. The number of nitrogens with zero attached hydrogens (tertiary/aromatic N) is 2. The largest absolute Gasteiger partial charge is 0.497 e. The normalized spacial score (nSPS) is 10.9. The Morgan fingerprint density at radius 1 is 1.25 bits per heavy atom. The molecule has 0 atom stereocenters. The molecule has 0 aliphatic heterocycles. The highest BCUT2D eigenvalue weighted by molar-refractivity contribution is 9.10. The van der Waals surface area contributed by atoms with Gasteiger partial charge in [0, 0.05) is 10.5 Å². The lowest BCUT2D eigenvalue weighted by molar-refractivity contribution is 0.415. The van der Waals surface area contributed by atoms with Crippen molar-refractivity contribution in [3.63, 3.8) is 0 Å². The van der Waals surface area contributed by atoms with Crippen LogP contribution in [0.4, 0.5) is 5.95 Å². The van der Waals surface area contributed by atoms with Gasteiger partial charge in [-0.3, -0.25) is 4.57 Å². The second-order valence-electron chi connectivity index (χ2n) is 4.26. The lowest BCUT2D eigenvalue weighted by Gasteiger charge is -2.09. The third-order valence-corrected chi connectivity index (χ3v) is 3.83. The summed E-state index contributed by atoms with van der Waals surface area (Å²) >= 11 is 9.68. The van der Waals surface area contributed by atoms with Crippen LogP contribution in [-0.2, 0) is 0 Å². The molecule has 3 rings (SSSR count). The van der Waals surface area contributed by atoms with Crippen LogP contribution in [0.1, 0.15) is 0 Å². The van der Waals surface area contributed by atoms with Gasteiger partial charge >= 0.3 is 0 Å². The summed E-state index contributed by atoms with van der Waals surface area (Å²) in [4.78, 5) is 4.35. The molecule has 4 nitrogen and oxygen atoms in total. The summed E-state index contributed by atoms with van der Waals surface area (Å²) in [5.74, 6) is 1.13. The van der Waals surface area contributed by atoms with Crippen molar-refractivity contribution in [1.82, 2.24) is 9.55 Å². The molecule has 6 heteroatoms. The molecule has 0 aliphatic carbocycles. The zero-order chi connectivity index (χ0) is 14.3. The average Bonchev–Trinajstić information content (AvgIpc) is 2.74. The molecule has 0 spiro atoms. The standard InChI is InChI=1S/C14H11BrClN3O/c1-20-9-3-5-13-11(7-9)18-14(17)19(13)12-4-2-8(15)6-10(12)16/h2-7H,1H3,(H2,17,18). The molecule has 102 valence electrons. The van der Waals surface area contributed by atoms with Crippen molar-refractivity contribution in [2.45, 2.75) is 0 Å². The SMILES string of the molecule is COc1ccc2c(c1)nc(N)n2-c1ccc(Br)cc1Cl. The van der Waals surface area contributed by atoms with Crippen LogP contribution >= 0.6 is 27.5 Å². The molecule has 20 heavy (non-hydrogen) atoms. The molecule has 0 saturated carbocycles. The maximum Gasteiger partial charge on any atom is 0.205 e. The number of fused-ring (bicyclic) bond motifs is 1. The number of hydrogen-bond donors (Lipinski definition) is 1. The lowest BCUT2D eigenvalue weighted by Crippen LogP contribution is -2.01. The first-order valence-electron chi connectivity index (χ1n) is 5.87. The molecular formula is C14H11BrClN3O. The number of benzene rings is 2. The Labute approximate surface area is 129 Å². The molecule has 0 fully saturated rings. The monoisotopic (exact) mass is 351 g/mol. The van der Waals surface area contributed by atoms with Crippen molar-refractivity contribution >= 4 is 44.5 Å². The van der Waals surface area contributed by atoms with E-state index in [9.17, 15) is 0 Å². The number of imidazole rings is 1. The highest BCUT2D eigenvalue weighted by atomic mass is 79.9. The van der Waals surface area contributed by atoms with Gasteiger partial charge in [-0.05, 0) is 30.3 Å². The van der Waals surface area contributed by atoms with Crippen LogP contribution in [0.25, 0.3) is 16.7 Å². The van der Waals surface area contributed by atoms with Crippen LogP contribution in [0.2, 0.25) is 5.02 Å². The highest BCUT2D eigenvalue weighted by Gasteiger charge is 2.13. The molecule has 0 bridgehead atoms. The minimum Gasteiger partial charge on any atom is -0.497 e. The summed E-state index contributed by atoms with van der Waals surface area (Å²) in [6, 6.07) is 11.3. The molecule has 1 aromatic heterocycles. The van der Waals surface area contributed by atoms with Crippen molar-refractivity contribution in [3.8, 4) is 11.4 Å². The Kier molecular flexibility index (Phi) is 3.31. The van der Waals surface area contributed by atoms with Crippen molar-refractivity contribution < 1.29 is 4.74 Å². The summed E-state index contributed by atoms with van der Waals surface area (Å²) in [5.41, 5.74) is 8.46. The van der Waals surface area contributed by atoms with Crippen LogP contribution < -0.4 is 10.5 Å². The molecule has 1 heterocycles. The fourth-order valence-corrected chi connectivity index (χ4v) is 2.88. The number of halogens is 2. The first-order chi connectivity index (χ1) is 9.60. The van der Waals surface area contributed by atoms with Gasteiger partial charge in [0.15, 0.2) is 0 Å². The van der Waals surface area contributed by atoms with Crippen LogP contribution in [0.5, 0.6) is 5.75 Å². The number of nitrogens with two attached hydrogens (primary N) is 1. The van der Waals surface area contributed by atoms with E-state index in [1.165, 1.54) is 0 Å². The number of anilines is 1. The maximum absolute atomic E-state index is 6.29. The molecule has 2 N–H and O–H groups in total. The molecular weight excluding hydrogens is 342 g/mol. The first kappa shape index (κ1) is 13.3. The second kappa shape index (κ2) is 5.00. The fourth-order valence-electron chi connectivity index (χ4n) is 2.12. The van der Waals surface area contributed by atoms with Gasteiger partial charge in [0.2, 0.25) is 5.95 Å². The second-order valence-corrected chi connectivity index (χ2v) is 5.58. The van der Waals surface area contributed by atoms with Crippen LogP contribution in [0.3, 0.4) is 0 Å². The summed E-state index contributed by atoms with van der Waals surface area (Å²) in [5, 5.41) is 0.598. The van der Waals surface area contributed by atoms with E-state index in [0.29, 0.717) is 11.0 Å². The number of nitrogen functional groups attached to an aromatic ring is 1. The quantitative estimate of drug-likeness (QED) is 0.757. The minimum atomic E-state index is 0.387. The number of aromatic nitrogens is 2. The predicted octanol–water partition coefficient (Wildman–Crippen LogP) is 4.03. The number of methoxy groups -OCH3 is 1. The van der Waals surface area contributed by atoms with Gasteiger partial charge in [-0.25, -0.2) is 4.98 Å². The lowest BCUT2D eigenvalue weighted by atomic mass is 10.2. The molecule has 0 amide bonds. The summed E-state index contributed by atoms with van der Waals surface area (Å²) in [6.45, 7) is 0. The fraction of sp³-hybridized carbons (Fsp3) is 0.0714. The maximum atomic E-state index is 6.29. The van der Waals surface area contributed by atoms with Gasteiger partial charge < -0.3 is 10.5 Å². The molecule has 0 saturated heterocycles. The number of ether oxygens (including phenoxy) is 1. The van der Waals surface area contributed by atoms with Crippen LogP contribution in [0.15, 0.2) is 40.9 Å². The van der Waals surface area contributed by atoms with E-state index >= 15 is 0 Å². The highest BCUT2D eigenvalue weighted by Crippen LogP contribution is 2.31. The Balaban J connectivity index is 2.27. The van der Waals surface area contributed by atoms with Gasteiger partial charge in [0.1, 0.15) is 5.75 Å². The third-order valence-electron chi connectivity index (χ3n) is 3.04. The van der Waals surface area contributed by atoms with E-state index in [1.807, 2.05) is 41.0 Å². The van der Waals surface area contributed by atoms with Gasteiger partial charge in [0.05, 0.1) is 28.9 Å². The topological polar surface area (TPSA) is 53.1 Å². The van der Waals surface area contributed by atoms with Crippen molar-refractivity contribution in [2.75, 3.05) is 12.8 Å². The number of rotatable bonds is 2. The van der Waals surface area contributed by atoms with Crippen LogP contribution in [-0.4, -0.2) is 16.7 Å². The zero-order valence-corrected chi connectivity index (χ0v) is 12.9. The Hall–Kier alpha value is -1.72. The van der Waals surface area contributed by atoms with E-state index in [2.05, 4.69) is 20.9 Å². The van der Waals surface area contributed by atoms with E-state index in [4.69, 9.17) is 22.1 Å². The summed E-state index contributed by atoms with van der Waals surface area (Å²) in [7, 11) is 1.62. The molecule has 0 unspecified atom stereocenters. The summed E-state index contributed by atoms with van der Waals surface area (Å²) < 4.78 is 7.93. The molecule has 2 aromatic carbocycles. The van der Waals surface area contributed by atoms with Gasteiger partial charge in [-0.2, -0.15) is 0 Å². The Bertz CT molecular complexity index is 800. The Morgan fingerprint density at radius 3 is 2.75 bits per heavy atom. The van der Waals surface area contributed by atoms with Crippen molar-refractivity contribution in [3.05, 3.63) is 45.9 Å². The van der Waals surface area contributed by atoms with Gasteiger partial charge in [-0.1, -0.05) is 27.5 Å². The molecule has 3 aromatic rings. The molecule has 0 aliphatic rings. The average molecular weight is 353 g/mol.